The third-order valence-electron chi connectivity index (χ3n) is 7.66. The Labute approximate surface area is 210 Å². The SMILES string of the molecule is CC(C)(C)OC(=O)n1c2c(c3ccccc31)C(=O)[C@@](CCC#N)(CCO[Si](C)(C)C(C)(C)C)CC2. The fourth-order valence-electron chi connectivity index (χ4n) is 4.65. The Balaban J connectivity index is 2.03. The largest absolute Gasteiger partial charge is 0.443 e. The molecule has 0 saturated carbocycles. The van der Waals surface area contributed by atoms with Crippen molar-refractivity contribution in [3.05, 3.63) is 35.5 Å². The molecule has 190 valence electrons. The van der Waals surface area contributed by atoms with E-state index < -0.39 is 25.4 Å². The van der Waals surface area contributed by atoms with E-state index in [1.807, 2.05) is 45.0 Å². The van der Waals surface area contributed by atoms with Crippen LogP contribution in [0.5, 0.6) is 0 Å². The Morgan fingerprint density at radius 2 is 1.80 bits per heavy atom. The number of para-hydroxylation sites is 1. The Hall–Kier alpha value is -2.43. The summed E-state index contributed by atoms with van der Waals surface area (Å²) in [5, 5.41) is 10.2. The van der Waals surface area contributed by atoms with Gasteiger partial charge in [0.2, 0.25) is 0 Å². The zero-order valence-electron chi connectivity index (χ0n) is 22.6. The highest BCUT2D eigenvalue weighted by Gasteiger charge is 2.46. The van der Waals surface area contributed by atoms with Gasteiger partial charge in [-0.15, -0.1) is 0 Å². The van der Waals surface area contributed by atoms with E-state index in [1.165, 1.54) is 0 Å². The molecule has 1 aromatic heterocycles. The van der Waals surface area contributed by atoms with Gasteiger partial charge in [-0.3, -0.25) is 4.79 Å². The van der Waals surface area contributed by atoms with Crippen LogP contribution >= 0.6 is 0 Å². The van der Waals surface area contributed by atoms with Crippen molar-refractivity contribution in [2.45, 2.75) is 97.4 Å². The first kappa shape index (κ1) is 27.2. The molecule has 1 atom stereocenters. The molecule has 0 spiro atoms. The van der Waals surface area contributed by atoms with E-state index in [2.05, 4.69) is 39.9 Å². The van der Waals surface area contributed by atoms with Crippen molar-refractivity contribution in [1.82, 2.24) is 4.57 Å². The summed E-state index contributed by atoms with van der Waals surface area (Å²) in [6.45, 7) is 17.0. The number of fused-ring (bicyclic) bond motifs is 3. The monoisotopic (exact) mass is 496 g/mol. The van der Waals surface area contributed by atoms with Crippen molar-refractivity contribution in [2.75, 3.05) is 6.61 Å². The molecule has 2 aromatic rings. The zero-order valence-corrected chi connectivity index (χ0v) is 23.6. The lowest BCUT2D eigenvalue weighted by molar-refractivity contribution is 0.0534. The normalized spacial score (nSPS) is 18.9. The van der Waals surface area contributed by atoms with Gasteiger partial charge in [-0.1, -0.05) is 39.0 Å². The van der Waals surface area contributed by atoms with Crippen LogP contribution in [0.25, 0.3) is 10.9 Å². The minimum absolute atomic E-state index is 0.0198. The Kier molecular flexibility index (Phi) is 7.41. The van der Waals surface area contributed by atoms with Gasteiger partial charge in [0.15, 0.2) is 14.1 Å². The number of ketones is 1. The third kappa shape index (κ3) is 5.39. The van der Waals surface area contributed by atoms with Crippen LogP contribution in [0.3, 0.4) is 0 Å². The number of hydrogen-bond acceptors (Lipinski definition) is 5. The topological polar surface area (TPSA) is 81.3 Å². The maximum Gasteiger partial charge on any atom is 0.419 e. The molecule has 1 aliphatic carbocycles. The summed E-state index contributed by atoms with van der Waals surface area (Å²) in [7, 11) is -1.97. The summed E-state index contributed by atoms with van der Waals surface area (Å²) in [6.07, 6.45) is 2.07. The van der Waals surface area contributed by atoms with Crippen LogP contribution in [-0.2, 0) is 15.6 Å². The molecule has 1 aromatic carbocycles. The summed E-state index contributed by atoms with van der Waals surface area (Å²) in [6, 6.07) is 9.76. The maximum atomic E-state index is 14.2. The molecule has 0 unspecified atom stereocenters. The van der Waals surface area contributed by atoms with Gasteiger partial charge in [0.25, 0.3) is 0 Å². The maximum absolute atomic E-state index is 14.2. The van der Waals surface area contributed by atoms with Gasteiger partial charge < -0.3 is 9.16 Å². The molecule has 35 heavy (non-hydrogen) atoms. The number of aromatic nitrogens is 1. The number of carbonyl (C=O) groups is 2. The molecular formula is C28H40N2O4Si. The van der Waals surface area contributed by atoms with Crippen molar-refractivity contribution in [1.29, 1.82) is 5.26 Å². The number of hydrogen-bond donors (Lipinski definition) is 0. The molecule has 0 saturated heterocycles. The molecule has 3 rings (SSSR count). The van der Waals surface area contributed by atoms with Crippen LogP contribution in [0.2, 0.25) is 18.1 Å². The Morgan fingerprint density at radius 3 is 2.40 bits per heavy atom. The lowest BCUT2D eigenvalue weighted by Crippen LogP contribution is -2.43. The molecule has 0 bridgehead atoms. The summed E-state index contributed by atoms with van der Waals surface area (Å²) >= 11 is 0. The average molecular weight is 497 g/mol. The van der Waals surface area contributed by atoms with Gasteiger partial charge >= 0.3 is 6.09 Å². The van der Waals surface area contributed by atoms with Gasteiger partial charge in [0, 0.05) is 35.1 Å². The molecule has 1 aliphatic rings. The summed E-state index contributed by atoms with van der Waals surface area (Å²) in [5.41, 5.74) is 0.680. The smallest absolute Gasteiger partial charge is 0.419 e. The van der Waals surface area contributed by atoms with Gasteiger partial charge in [0.05, 0.1) is 11.6 Å². The van der Waals surface area contributed by atoms with E-state index in [0.29, 0.717) is 55.5 Å². The van der Waals surface area contributed by atoms with E-state index >= 15 is 0 Å². The quantitative estimate of drug-likeness (QED) is 0.393. The first-order valence-corrected chi connectivity index (χ1v) is 15.5. The minimum Gasteiger partial charge on any atom is -0.443 e. The fourth-order valence-corrected chi connectivity index (χ4v) is 5.70. The second kappa shape index (κ2) is 9.55. The second-order valence-electron chi connectivity index (χ2n) is 12.3. The molecule has 0 radical (unpaired) electrons. The van der Waals surface area contributed by atoms with Gasteiger partial charge in [-0.25, -0.2) is 9.36 Å². The van der Waals surface area contributed by atoms with Crippen LogP contribution in [0.4, 0.5) is 4.79 Å². The van der Waals surface area contributed by atoms with E-state index in [0.717, 1.165) is 5.39 Å². The predicted octanol–water partition coefficient (Wildman–Crippen LogP) is 7.26. The number of carbonyl (C=O) groups excluding carboxylic acids is 2. The number of nitrogens with zero attached hydrogens (tertiary/aromatic N) is 2. The molecule has 0 amide bonds. The molecule has 0 fully saturated rings. The van der Waals surface area contributed by atoms with Crippen LogP contribution in [-0.4, -0.2) is 37.0 Å². The number of nitriles is 1. The number of ether oxygens (including phenoxy) is 1. The second-order valence-corrected chi connectivity index (χ2v) is 17.1. The molecule has 7 heteroatoms. The minimum atomic E-state index is -1.97. The van der Waals surface area contributed by atoms with Crippen LogP contribution in [0, 0.1) is 16.7 Å². The highest BCUT2D eigenvalue weighted by atomic mass is 28.4. The molecule has 0 N–H and O–H groups in total. The van der Waals surface area contributed by atoms with Crippen molar-refractivity contribution >= 4 is 31.1 Å². The average Bonchev–Trinajstić information content (AvgIpc) is 3.07. The molecule has 1 heterocycles. The van der Waals surface area contributed by atoms with E-state index in [-0.39, 0.29) is 10.8 Å². The van der Waals surface area contributed by atoms with Crippen LogP contribution < -0.4 is 0 Å². The van der Waals surface area contributed by atoms with Gasteiger partial charge in [-0.2, -0.15) is 5.26 Å². The summed E-state index contributed by atoms with van der Waals surface area (Å²) in [5.74, 6) is 0.0198. The van der Waals surface area contributed by atoms with E-state index in [9.17, 15) is 14.9 Å². The first-order valence-electron chi connectivity index (χ1n) is 12.5. The van der Waals surface area contributed by atoms with Crippen molar-refractivity contribution in [3.63, 3.8) is 0 Å². The molecule has 6 nitrogen and oxygen atoms in total. The van der Waals surface area contributed by atoms with Crippen LogP contribution in [0.1, 0.15) is 83.3 Å². The fraction of sp³-hybridized carbons (Fsp3) is 0.607. The lowest BCUT2D eigenvalue weighted by Gasteiger charge is -2.39. The Morgan fingerprint density at radius 1 is 1.14 bits per heavy atom. The number of benzene rings is 1. The Bertz CT molecular complexity index is 1160. The highest BCUT2D eigenvalue weighted by Crippen LogP contribution is 2.46. The predicted molar refractivity (Wildman–Crippen MR) is 141 cm³/mol. The standard InChI is InChI=1S/C28H40N2O4Si/c1-26(2,3)34-25(32)30-21-13-10-9-12-20(21)23-22(30)14-16-28(24(23)31,15-11-18-29)17-19-33-35(7,8)27(4,5)6/h9-10,12-13H,11,14-17,19H2,1-8H3/t28-/m1/s1. The van der Waals surface area contributed by atoms with E-state index in [4.69, 9.17) is 9.16 Å². The third-order valence-corrected chi connectivity index (χ3v) is 12.2. The van der Waals surface area contributed by atoms with Crippen LogP contribution in [0.15, 0.2) is 24.3 Å². The van der Waals surface area contributed by atoms with Gasteiger partial charge in [0.1, 0.15) is 5.60 Å². The van der Waals surface area contributed by atoms with Gasteiger partial charge in [-0.05, 0) is 70.7 Å². The molecule has 0 aliphatic heterocycles. The number of Topliss-reactive ketones (excluding diaryl/α,β-unsaturated/α-hetero) is 1. The van der Waals surface area contributed by atoms with E-state index in [1.54, 1.807) is 4.57 Å². The highest BCUT2D eigenvalue weighted by molar-refractivity contribution is 6.74. The molecular weight excluding hydrogens is 456 g/mol. The summed E-state index contributed by atoms with van der Waals surface area (Å²) < 4.78 is 13.7. The van der Waals surface area contributed by atoms with Crippen molar-refractivity contribution in [2.24, 2.45) is 5.41 Å². The zero-order chi connectivity index (χ0) is 26.2. The van der Waals surface area contributed by atoms with Crippen molar-refractivity contribution < 1.29 is 18.8 Å². The van der Waals surface area contributed by atoms with Crippen molar-refractivity contribution in [3.8, 4) is 6.07 Å². The summed E-state index contributed by atoms with van der Waals surface area (Å²) in [4.78, 5) is 27.4. The number of rotatable bonds is 6. The lowest BCUT2D eigenvalue weighted by atomic mass is 9.67. The first-order chi connectivity index (χ1) is 16.1.